The molecule has 1 aromatic heterocycles. The normalized spacial score (nSPS) is 16.1. The molecule has 31 heavy (non-hydrogen) atoms. The van der Waals surface area contributed by atoms with Crippen molar-refractivity contribution in [3.8, 4) is 0 Å². The molecule has 1 atom stereocenters. The van der Waals surface area contributed by atoms with Gasteiger partial charge in [-0.3, -0.25) is 9.59 Å². The van der Waals surface area contributed by atoms with E-state index in [0.717, 1.165) is 32.1 Å². The van der Waals surface area contributed by atoms with Crippen LogP contribution in [0.25, 0.3) is 0 Å². The van der Waals surface area contributed by atoms with Crippen molar-refractivity contribution in [1.82, 2.24) is 14.9 Å². The number of nitrogens with one attached hydrogen (secondary N) is 2. The quantitative estimate of drug-likeness (QED) is 0.647. The van der Waals surface area contributed by atoms with Crippen LogP contribution in [0, 0.1) is 0 Å². The highest BCUT2D eigenvalue weighted by Gasteiger charge is 2.29. The lowest BCUT2D eigenvalue weighted by Gasteiger charge is -2.30. The lowest BCUT2D eigenvalue weighted by atomic mass is 9.96. The molecular formula is C22H29N3O5S. The molecule has 1 fully saturated rings. The zero-order valence-electron chi connectivity index (χ0n) is 17.8. The number of furan rings is 1. The molecule has 0 spiro atoms. The van der Waals surface area contributed by atoms with E-state index in [9.17, 15) is 18.0 Å². The summed E-state index contributed by atoms with van der Waals surface area (Å²) in [6, 6.07) is 8.52. The van der Waals surface area contributed by atoms with Crippen molar-refractivity contribution in [2.75, 3.05) is 7.05 Å². The van der Waals surface area contributed by atoms with Gasteiger partial charge in [-0.15, -0.1) is 0 Å². The van der Waals surface area contributed by atoms with E-state index in [1.165, 1.54) is 34.8 Å². The summed E-state index contributed by atoms with van der Waals surface area (Å²) in [4.78, 5) is 24.8. The first-order chi connectivity index (χ1) is 14.8. The van der Waals surface area contributed by atoms with Crippen LogP contribution in [0.2, 0.25) is 0 Å². The van der Waals surface area contributed by atoms with E-state index in [0.29, 0.717) is 5.76 Å². The fourth-order valence-corrected chi connectivity index (χ4v) is 5.09. The van der Waals surface area contributed by atoms with Gasteiger partial charge in [0, 0.05) is 18.7 Å². The van der Waals surface area contributed by atoms with Gasteiger partial charge in [-0.2, -0.15) is 4.31 Å². The Bertz CT molecular complexity index is 981. The van der Waals surface area contributed by atoms with Gasteiger partial charge in [0.2, 0.25) is 15.9 Å². The number of carbonyl (C=O) groups is 2. The zero-order valence-corrected chi connectivity index (χ0v) is 18.7. The second-order valence-corrected chi connectivity index (χ2v) is 9.83. The molecule has 9 heteroatoms. The monoisotopic (exact) mass is 447 g/mol. The Labute approximate surface area is 183 Å². The van der Waals surface area contributed by atoms with Crippen molar-refractivity contribution in [2.45, 2.75) is 62.6 Å². The Hall–Kier alpha value is -2.65. The van der Waals surface area contributed by atoms with Crippen LogP contribution >= 0.6 is 0 Å². The van der Waals surface area contributed by atoms with E-state index in [-0.39, 0.29) is 29.0 Å². The van der Waals surface area contributed by atoms with Gasteiger partial charge < -0.3 is 15.1 Å². The summed E-state index contributed by atoms with van der Waals surface area (Å²) in [6.07, 6.45) is 6.48. The van der Waals surface area contributed by atoms with E-state index < -0.39 is 22.0 Å². The van der Waals surface area contributed by atoms with Crippen molar-refractivity contribution in [3.05, 3.63) is 54.0 Å². The second kappa shape index (κ2) is 10.1. The molecule has 2 aromatic rings. The van der Waals surface area contributed by atoms with E-state index >= 15 is 0 Å². The first-order valence-electron chi connectivity index (χ1n) is 10.5. The summed E-state index contributed by atoms with van der Waals surface area (Å²) in [7, 11) is -2.00. The summed E-state index contributed by atoms with van der Waals surface area (Å²) >= 11 is 0. The maximum absolute atomic E-state index is 12.9. The van der Waals surface area contributed by atoms with E-state index in [1.54, 1.807) is 26.1 Å². The van der Waals surface area contributed by atoms with E-state index in [1.807, 2.05) is 0 Å². The largest absolute Gasteiger partial charge is 0.467 e. The summed E-state index contributed by atoms with van der Waals surface area (Å²) in [5, 5.41) is 5.30. The average Bonchev–Trinajstić information content (AvgIpc) is 3.31. The van der Waals surface area contributed by atoms with Gasteiger partial charge in [0.1, 0.15) is 11.8 Å². The minimum absolute atomic E-state index is 0.0160. The van der Waals surface area contributed by atoms with Crippen LogP contribution < -0.4 is 10.6 Å². The van der Waals surface area contributed by atoms with Gasteiger partial charge in [-0.05, 0) is 56.2 Å². The zero-order chi connectivity index (χ0) is 22.4. The molecule has 168 valence electrons. The highest BCUT2D eigenvalue weighted by molar-refractivity contribution is 7.89. The van der Waals surface area contributed by atoms with Gasteiger partial charge in [0.15, 0.2) is 0 Å². The topological polar surface area (TPSA) is 109 Å². The molecule has 1 aliphatic rings. The molecule has 2 N–H and O–H groups in total. The molecule has 0 aliphatic heterocycles. The van der Waals surface area contributed by atoms with Crippen LogP contribution in [0.4, 0.5) is 0 Å². The van der Waals surface area contributed by atoms with Crippen LogP contribution in [0.1, 0.15) is 55.1 Å². The van der Waals surface area contributed by atoms with Crippen molar-refractivity contribution >= 4 is 21.8 Å². The van der Waals surface area contributed by atoms with Crippen LogP contribution in [-0.4, -0.2) is 43.7 Å². The molecule has 0 saturated heterocycles. The third-order valence-electron chi connectivity index (χ3n) is 5.64. The Balaban J connectivity index is 1.58. The summed E-state index contributed by atoms with van der Waals surface area (Å²) in [6.45, 7) is 1.81. The average molecular weight is 448 g/mol. The van der Waals surface area contributed by atoms with E-state index in [2.05, 4.69) is 10.6 Å². The highest BCUT2D eigenvalue weighted by Crippen LogP contribution is 2.26. The van der Waals surface area contributed by atoms with Crippen molar-refractivity contribution in [3.63, 3.8) is 0 Å². The Morgan fingerprint density at radius 1 is 1.13 bits per heavy atom. The van der Waals surface area contributed by atoms with Gasteiger partial charge in [-0.1, -0.05) is 19.3 Å². The van der Waals surface area contributed by atoms with Gasteiger partial charge in [0.25, 0.3) is 5.91 Å². The summed E-state index contributed by atoms with van der Waals surface area (Å²) < 4.78 is 32.4. The minimum atomic E-state index is -3.62. The maximum atomic E-state index is 12.9. The van der Waals surface area contributed by atoms with E-state index in [4.69, 9.17) is 4.42 Å². The smallest absolute Gasteiger partial charge is 0.251 e. The number of hydrogen-bond donors (Lipinski definition) is 2. The second-order valence-electron chi connectivity index (χ2n) is 7.83. The Morgan fingerprint density at radius 2 is 1.81 bits per heavy atom. The predicted octanol–water partition coefficient (Wildman–Crippen LogP) is 2.67. The molecule has 0 radical (unpaired) electrons. The number of nitrogens with zero attached hydrogens (tertiary/aromatic N) is 1. The van der Waals surface area contributed by atoms with Crippen LogP contribution in [0.5, 0.6) is 0 Å². The molecule has 1 saturated carbocycles. The standard InChI is InChI=1S/C22H29N3O5S/c1-16(21(26)23-15-19-9-6-14-30-19)24-22(27)17-10-12-20(13-11-17)31(28,29)25(2)18-7-4-3-5-8-18/h6,9-14,16,18H,3-5,7-8,15H2,1-2H3,(H,23,26)(H,24,27). The number of sulfonamides is 1. The molecule has 1 aliphatic carbocycles. The van der Waals surface area contributed by atoms with Crippen molar-refractivity contribution in [1.29, 1.82) is 0 Å². The number of benzene rings is 1. The Kier molecular flexibility index (Phi) is 7.50. The SMILES string of the molecule is CC(NC(=O)c1ccc(S(=O)(=O)N(C)C2CCCCC2)cc1)C(=O)NCc1ccco1. The van der Waals surface area contributed by atoms with Crippen molar-refractivity contribution in [2.24, 2.45) is 0 Å². The molecule has 1 unspecified atom stereocenters. The molecule has 1 heterocycles. The number of carbonyl (C=O) groups excluding carboxylic acids is 2. The molecular weight excluding hydrogens is 418 g/mol. The van der Waals surface area contributed by atoms with Gasteiger partial charge >= 0.3 is 0 Å². The fraction of sp³-hybridized carbons (Fsp3) is 0.455. The molecule has 0 bridgehead atoms. The van der Waals surface area contributed by atoms with Crippen LogP contribution in [0.15, 0.2) is 52.0 Å². The molecule has 8 nitrogen and oxygen atoms in total. The first kappa shape index (κ1) is 23.0. The number of hydrogen-bond acceptors (Lipinski definition) is 5. The first-order valence-corrected chi connectivity index (χ1v) is 11.9. The molecule has 3 rings (SSSR count). The van der Waals surface area contributed by atoms with Crippen LogP contribution in [-0.2, 0) is 21.4 Å². The van der Waals surface area contributed by atoms with Gasteiger partial charge in [0.05, 0.1) is 17.7 Å². The predicted molar refractivity (Wildman–Crippen MR) is 116 cm³/mol. The number of amides is 2. The number of rotatable bonds is 8. The van der Waals surface area contributed by atoms with Crippen LogP contribution in [0.3, 0.4) is 0 Å². The van der Waals surface area contributed by atoms with Crippen molar-refractivity contribution < 1.29 is 22.4 Å². The molecule has 2 amide bonds. The lowest BCUT2D eigenvalue weighted by molar-refractivity contribution is -0.122. The lowest BCUT2D eigenvalue weighted by Crippen LogP contribution is -2.44. The minimum Gasteiger partial charge on any atom is -0.467 e. The third-order valence-corrected chi connectivity index (χ3v) is 7.56. The summed E-state index contributed by atoms with van der Waals surface area (Å²) in [5.41, 5.74) is 0.282. The highest BCUT2D eigenvalue weighted by atomic mass is 32.2. The fourth-order valence-electron chi connectivity index (χ4n) is 3.67. The Morgan fingerprint density at radius 3 is 2.42 bits per heavy atom. The maximum Gasteiger partial charge on any atom is 0.251 e. The van der Waals surface area contributed by atoms with Gasteiger partial charge in [-0.25, -0.2) is 8.42 Å². The third kappa shape index (κ3) is 5.74. The molecule has 1 aromatic carbocycles. The summed E-state index contributed by atoms with van der Waals surface area (Å²) in [5.74, 6) is -0.190.